The third-order valence-corrected chi connectivity index (χ3v) is 2.38. The van der Waals surface area contributed by atoms with E-state index < -0.39 is 5.54 Å². The molecule has 1 amide bonds. The number of carbonyl (C=O) groups is 1. The minimum absolute atomic E-state index is 0.270. The first-order valence-corrected chi connectivity index (χ1v) is 5.05. The Kier molecular flexibility index (Phi) is 3.37. The summed E-state index contributed by atoms with van der Waals surface area (Å²) in [5, 5.41) is 1.61. The normalized spacial score (nSPS) is 11.3. The topological polar surface area (TPSA) is 46.3 Å². The third-order valence-electron chi connectivity index (χ3n) is 2.05. The van der Waals surface area contributed by atoms with Gasteiger partial charge < -0.3 is 0 Å². The number of halogens is 1. The zero-order chi connectivity index (χ0) is 11.6. The zero-order valence-corrected chi connectivity index (χ0v) is 9.88. The average molecular weight is 227 g/mol. The number of carbonyl (C=O) groups excluding carboxylic acids is 1. The van der Waals surface area contributed by atoms with Crippen LogP contribution in [0, 0.1) is 0 Å². The van der Waals surface area contributed by atoms with E-state index in [0.29, 0.717) is 10.6 Å². The predicted octanol–water partition coefficient (Wildman–Crippen LogP) is 2.45. The SMILES string of the molecule is CC(C)(C)N(N)C(=O)c1ccccc1Cl. The van der Waals surface area contributed by atoms with Gasteiger partial charge in [-0.25, -0.2) is 5.84 Å². The second kappa shape index (κ2) is 4.21. The van der Waals surface area contributed by atoms with Crippen LogP contribution in [0.25, 0.3) is 0 Å². The van der Waals surface area contributed by atoms with Crippen molar-refractivity contribution in [3.8, 4) is 0 Å². The molecule has 82 valence electrons. The Balaban J connectivity index is 3.01. The summed E-state index contributed by atoms with van der Waals surface area (Å²) in [6, 6.07) is 6.87. The van der Waals surface area contributed by atoms with Crippen molar-refractivity contribution in [3.63, 3.8) is 0 Å². The first kappa shape index (κ1) is 12.0. The minimum Gasteiger partial charge on any atom is -0.271 e. The van der Waals surface area contributed by atoms with Crippen molar-refractivity contribution < 1.29 is 4.79 Å². The number of amides is 1. The van der Waals surface area contributed by atoms with E-state index in [1.54, 1.807) is 24.3 Å². The molecule has 1 aromatic carbocycles. The standard InChI is InChI=1S/C11H15ClN2O/c1-11(2,3)14(13)10(15)8-6-4-5-7-9(8)12/h4-7H,13H2,1-3H3. The molecule has 0 radical (unpaired) electrons. The highest BCUT2D eigenvalue weighted by Crippen LogP contribution is 2.19. The molecule has 0 fully saturated rings. The van der Waals surface area contributed by atoms with Crippen molar-refractivity contribution in [1.82, 2.24) is 5.01 Å². The van der Waals surface area contributed by atoms with E-state index in [1.807, 2.05) is 20.8 Å². The van der Waals surface area contributed by atoms with E-state index in [9.17, 15) is 4.79 Å². The molecule has 3 nitrogen and oxygen atoms in total. The highest BCUT2D eigenvalue weighted by atomic mass is 35.5. The highest BCUT2D eigenvalue weighted by Gasteiger charge is 2.25. The summed E-state index contributed by atoms with van der Waals surface area (Å²) in [6.45, 7) is 5.59. The first-order chi connectivity index (χ1) is 6.84. The fourth-order valence-electron chi connectivity index (χ4n) is 1.07. The Labute approximate surface area is 94.8 Å². The van der Waals surface area contributed by atoms with E-state index in [0.717, 1.165) is 0 Å². The van der Waals surface area contributed by atoms with Crippen molar-refractivity contribution in [3.05, 3.63) is 34.9 Å². The zero-order valence-electron chi connectivity index (χ0n) is 9.12. The molecule has 0 aliphatic heterocycles. The maximum atomic E-state index is 11.9. The number of nitrogens with zero attached hydrogens (tertiary/aromatic N) is 1. The number of hydrogen-bond acceptors (Lipinski definition) is 2. The van der Waals surface area contributed by atoms with Gasteiger partial charge in [-0.2, -0.15) is 0 Å². The van der Waals surface area contributed by atoms with Crippen molar-refractivity contribution in [2.45, 2.75) is 26.3 Å². The molecular weight excluding hydrogens is 212 g/mol. The van der Waals surface area contributed by atoms with Crippen LogP contribution in [0.1, 0.15) is 31.1 Å². The monoisotopic (exact) mass is 226 g/mol. The fraction of sp³-hybridized carbons (Fsp3) is 0.364. The van der Waals surface area contributed by atoms with Gasteiger partial charge >= 0.3 is 0 Å². The van der Waals surface area contributed by atoms with E-state index in [1.165, 1.54) is 5.01 Å². The highest BCUT2D eigenvalue weighted by molar-refractivity contribution is 6.33. The summed E-state index contributed by atoms with van der Waals surface area (Å²) >= 11 is 5.91. The van der Waals surface area contributed by atoms with E-state index in [4.69, 9.17) is 17.4 Å². The van der Waals surface area contributed by atoms with Gasteiger partial charge in [-0.05, 0) is 32.9 Å². The molecule has 4 heteroatoms. The molecular formula is C11H15ClN2O. The maximum absolute atomic E-state index is 11.9. The van der Waals surface area contributed by atoms with Gasteiger partial charge in [-0.15, -0.1) is 0 Å². The average Bonchev–Trinajstić information content (AvgIpc) is 2.15. The molecule has 0 aliphatic carbocycles. The quantitative estimate of drug-likeness (QED) is 0.454. The summed E-state index contributed by atoms with van der Waals surface area (Å²) in [6.07, 6.45) is 0. The molecule has 1 rings (SSSR count). The summed E-state index contributed by atoms with van der Waals surface area (Å²) in [5.41, 5.74) is 0.00702. The Hall–Kier alpha value is -1.06. The van der Waals surface area contributed by atoms with Gasteiger partial charge in [-0.1, -0.05) is 23.7 Å². The minimum atomic E-state index is -0.420. The molecule has 2 N–H and O–H groups in total. The molecule has 0 aliphatic rings. The number of hydrogen-bond donors (Lipinski definition) is 1. The third kappa shape index (κ3) is 2.70. The number of rotatable bonds is 1. The van der Waals surface area contributed by atoms with Gasteiger partial charge in [0.05, 0.1) is 16.1 Å². The molecule has 0 aromatic heterocycles. The number of hydrazine groups is 1. The van der Waals surface area contributed by atoms with Crippen LogP contribution in [-0.4, -0.2) is 16.5 Å². The Bertz CT molecular complexity index is 371. The van der Waals surface area contributed by atoms with Crippen LogP contribution in [0.2, 0.25) is 5.02 Å². The molecule has 0 saturated heterocycles. The Morgan fingerprint density at radius 1 is 1.33 bits per heavy atom. The van der Waals surface area contributed by atoms with Gasteiger partial charge in [0.2, 0.25) is 0 Å². The molecule has 0 unspecified atom stereocenters. The lowest BCUT2D eigenvalue weighted by Gasteiger charge is -2.31. The molecule has 0 atom stereocenters. The fourth-order valence-corrected chi connectivity index (χ4v) is 1.29. The molecule has 0 saturated carbocycles. The van der Waals surface area contributed by atoms with Gasteiger partial charge in [-0.3, -0.25) is 9.80 Å². The Morgan fingerprint density at radius 2 is 1.87 bits per heavy atom. The van der Waals surface area contributed by atoms with Crippen LogP contribution in [0.4, 0.5) is 0 Å². The van der Waals surface area contributed by atoms with Gasteiger partial charge in [0.25, 0.3) is 5.91 Å². The van der Waals surface area contributed by atoms with Gasteiger partial charge in [0.15, 0.2) is 0 Å². The smallest absolute Gasteiger partial charge is 0.269 e. The molecule has 1 aromatic rings. The van der Waals surface area contributed by atoms with Crippen molar-refractivity contribution in [2.75, 3.05) is 0 Å². The van der Waals surface area contributed by atoms with Crippen molar-refractivity contribution in [1.29, 1.82) is 0 Å². The van der Waals surface area contributed by atoms with Gasteiger partial charge in [0, 0.05) is 0 Å². The lowest BCUT2D eigenvalue weighted by molar-refractivity contribution is 0.0582. The lowest BCUT2D eigenvalue weighted by atomic mass is 10.1. The largest absolute Gasteiger partial charge is 0.271 e. The van der Waals surface area contributed by atoms with Crippen LogP contribution in [0.15, 0.2) is 24.3 Å². The summed E-state index contributed by atoms with van der Waals surface area (Å²) < 4.78 is 0. The van der Waals surface area contributed by atoms with Gasteiger partial charge in [0.1, 0.15) is 0 Å². The van der Waals surface area contributed by atoms with E-state index in [2.05, 4.69) is 0 Å². The summed E-state index contributed by atoms with van der Waals surface area (Å²) in [7, 11) is 0. The maximum Gasteiger partial charge on any atom is 0.269 e. The van der Waals surface area contributed by atoms with Crippen LogP contribution in [0.5, 0.6) is 0 Å². The number of benzene rings is 1. The summed E-state index contributed by atoms with van der Waals surface area (Å²) in [4.78, 5) is 11.9. The second-order valence-corrected chi connectivity index (χ2v) is 4.73. The van der Waals surface area contributed by atoms with Crippen molar-refractivity contribution >= 4 is 17.5 Å². The van der Waals surface area contributed by atoms with E-state index >= 15 is 0 Å². The molecule has 0 bridgehead atoms. The summed E-state index contributed by atoms with van der Waals surface area (Å²) in [5.74, 6) is 5.45. The second-order valence-electron chi connectivity index (χ2n) is 4.33. The van der Waals surface area contributed by atoms with Crippen LogP contribution < -0.4 is 5.84 Å². The number of nitrogens with two attached hydrogens (primary N) is 1. The predicted molar refractivity (Wildman–Crippen MR) is 61.6 cm³/mol. The Morgan fingerprint density at radius 3 is 2.33 bits per heavy atom. The molecule has 15 heavy (non-hydrogen) atoms. The first-order valence-electron chi connectivity index (χ1n) is 4.68. The van der Waals surface area contributed by atoms with Crippen LogP contribution >= 0.6 is 11.6 Å². The van der Waals surface area contributed by atoms with Crippen molar-refractivity contribution in [2.24, 2.45) is 5.84 Å². The van der Waals surface area contributed by atoms with E-state index in [-0.39, 0.29) is 5.91 Å². The lowest BCUT2D eigenvalue weighted by Crippen LogP contribution is -2.50. The molecule has 0 heterocycles. The van der Waals surface area contributed by atoms with Crippen LogP contribution in [-0.2, 0) is 0 Å². The van der Waals surface area contributed by atoms with Crippen LogP contribution in [0.3, 0.4) is 0 Å². The molecule has 0 spiro atoms.